The summed E-state index contributed by atoms with van der Waals surface area (Å²) < 4.78 is 61.9. The second-order valence-corrected chi connectivity index (χ2v) is 7.22. The summed E-state index contributed by atoms with van der Waals surface area (Å²) in [6, 6.07) is 2.55. The van der Waals surface area contributed by atoms with Gasteiger partial charge < -0.3 is 9.26 Å². The Kier molecular flexibility index (Phi) is 6.39. The Hall–Kier alpha value is -2.66. The third-order valence-corrected chi connectivity index (χ3v) is 5.17. The normalized spacial score (nSPS) is 11.4. The van der Waals surface area contributed by atoms with Gasteiger partial charge in [-0.15, -0.1) is 0 Å². The number of halogens is 2. The lowest BCUT2D eigenvalue weighted by atomic mass is 10.1. The van der Waals surface area contributed by atoms with Crippen LogP contribution in [0, 0.1) is 25.5 Å². The highest BCUT2D eigenvalue weighted by Gasteiger charge is 2.24. The topological polar surface area (TPSA) is 116 Å². The number of esters is 1. The fourth-order valence-corrected chi connectivity index (χ4v) is 3.55. The van der Waals surface area contributed by atoms with E-state index in [1.165, 1.54) is 13.8 Å². The number of benzene rings is 1. The van der Waals surface area contributed by atoms with Crippen molar-refractivity contribution in [3.05, 3.63) is 46.9 Å². The second kappa shape index (κ2) is 8.35. The van der Waals surface area contributed by atoms with Crippen LogP contribution in [-0.2, 0) is 19.6 Å². The Morgan fingerprint density at radius 1 is 1.22 bits per heavy atom. The van der Waals surface area contributed by atoms with Gasteiger partial charge in [-0.2, -0.15) is 0 Å². The van der Waals surface area contributed by atoms with Gasteiger partial charge in [0, 0.05) is 12.1 Å². The van der Waals surface area contributed by atoms with Crippen LogP contribution in [0.4, 0.5) is 8.78 Å². The van der Waals surface area contributed by atoms with Gasteiger partial charge in [-0.05, 0) is 32.0 Å². The average molecular weight is 402 g/mol. The Labute approximate surface area is 153 Å². The molecule has 0 aliphatic rings. The predicted molar refractivity (Wildman–Crippen MR) is 87.4 cm³/mol. The highest BCUT2D eigenvalue weighted by atomic mass is 32.2. The summed E-state index contributed by atoms with van der Waals surface area (Å²) in [5.74, 6) is -3.75. The molecule has 0 aliphatic heterocycles. The van der Waals surface area contributed by atoms with Gasteiger partial charge in [0.05, 0.1) is 6.42 Å². The minimum Gasteiger partial charge on any atom is -0.457 e. The maximum atomic E-state index is 13.1. The number of hydrogen-bond donors (Lipinski definition) is 1. The lowest BCUT2D eigenvalue weighted by Crippen LogP contribution is -2.28. The summed E-state index contributed by atoms with van der Waals surface area (Å²) >= 11 is 0. The molecule has 0 bridgehead atoms. The molecular formula is C16H16F2N2O6S. The van der Waals surface area contributed by atoms with E-state index < -0.39 is 40.0 Å². The summed E-state index contributed by atoms with van der Waals surface area (Å²) in [7, 11) is -3.92. The Balaban J connectivity index is 1.82. The maximum absolute atomic E-state index is 13.1. The molecule has 0 saturated heterocycles. The number of aryl methyl sites for hydroxylation is 2. The molecule has 1 aromatic carbocycles. The van der Waals surface area contributed by atoms with Crippen molar-refractivity contribution in [3.8, 4) is 0 Å². The summed E-state index contributed by atoms with van der Waals surface area (Å²) in [6.45, 7) is 1.95. The van der Waals surface area contributed by atoms with Crippen molar-refractivity contribution < 1.29 is 36.0 Å². The van der Waals surface area contributed by atoms with Crippen molar-refractivity contribution >= 4 is 21.8 Å². The second-order valence-electron chi connectivity index (χ2n) is 5.51. The molecule has 0 radical (unpaired) electrons. The number of carbonyl (C=O) groups is 2. The quantitative estimate of drug-likeness (QED) is 0.527. The van der Waals surface area contributed by atoms with E-state index in [-0.39, 0.29) is 34.9 Å². The number of ketones is 1. The molecule has 0 atom stereocenters. The van der Waals surface area contributed by atoms with Gasteiger partial charge in [-0.1, -0.05) is 5.16 Å². The fraction of sp³-hybridized carbons (Fsp3) is 0.312. The highest BCUT2D eigenvalue weighted by Crippen LogP contribution is 2.18. The first-order chi connectivity index (χ1) is 12.6. The summed E-state index contributed by atoms with van der Waals surface area (Å²) in [4.78, 5) is 23.3. The molecule has 1 N–H and O–H groups in total. The number of nitrogens with one attached hydrogen (secondary N) is 1. The zero-order valence-electron chi connectivity index (χ0n) is 14.4. The number of Topliss-reactive ketones (excluding diaryl/α,β-unsaturated/α-hetero) is 1. The Morgan fingerprint density at radius 2 is 1.93 bits per heavy atom. The lowest BCUT2D eigenvalue weighted by molar-refractivity contribution is -0.142. The van der Waals surface area contributed by atoms with E-state index in [0.29, 0.717) is 6.07 Å². The van der Waals surface area contributed by atoms with Gasteiger partial charge in [0.15, 0.2) is 29.8 Å². The van der Waals surface area contributed by atoms with E-state index >= 15 is 0 Å². The van der Waals surface area contributed by atoms with E-state index in [4.69, 9.17) is 9.26 Å². The minimum absolute atomic E-state index is 0.107. The molecule has 1 aromatic heterocycles. The molecule has 0 fully saturated rings. The molecule has 0 saturated carbocycles. The number of hydrogen-bond acceptors (Lipinski definition) is 7. The number of carbonyl (C=O) groups excluding carboxylic acids is 2. The van der Waals surface area contributed by atoms with Crippen LogP contribution >= 0.6 is 0 Å². The molecular weight excluding hydrogens is 386 g/mol. The summed E-state index contributed by atoms with van der Waals surface area (Å²) in [5, 5.41) is 3.54. The largest absolute Gasteiger partial charge is 0.457 e. The molecule has 2 aromatic rings. The molecule has 146 valence electrons. The van der Waals surface area contributed by atoms with Crippen LogP contribution < -0.4 is 4.72 Å². The van der Waals surface area contributed by atoms with Crippen LogP contribution in [0.3, 0.4) is 0 Å². The lowest BCUT2D eigenvalue weighted by Gasteiger charge is -2.07. The van der Waals surface area contributed by atoms with Crippen LogP contribution in [-0.4, -0.2) is 38.5 Å². The van der Waals surface area contributed by atoms with Gasteiger partial charge in [0.1, 0.15) is 10.6 Å². The van der Waals surface area contributed by atoms with Crippen LogP contribution in [0.25, 0.3) is 0 Å². The first kappa shape index (κ1) is 20.6. The van der Waals surface area contributed by atoms with Crippen molar-refractivity contribution in [2.24, 2.45) is 0 Å². The third kappa shape index (κ3) is 5.17. The number of rotatable bonds is 8. The number of nitrogens with zero attached hydrogens (tertiary/aromatic N) is 1. The molecule has 8 nitrogen and oxygen atoms in total. The fourth-order valence-electron chi connectivity index (χ4n) is 2.19. The summed E-state index contributed by atoms with van der Waals surface area (Å²) in [5.41, 5.74) is 0.0283. The minimum atomic E-state index is -3.92. The van der Waals surface area contributed by atoms with E-state index in [1.54, 1.807) is 0 Å². The number of aromatic nitrogens is 1. The maximum Gasteiger partial charge on any atom is 0.307 e. The van der Waals surface area contributed by atoms with Crippen LogP contribution in [0.1, 0.15) is 28.2 Å². The first-order valence-electron chi connectivity index (χ1n) is 7.68. The van der Waals surface area contributed by atoms with Gasteiger partial charge in [-0.3, -0.25) is 9.59 Å². The zero-order valence-corrected chi connectivity index (χ0v) is 15.2. The van der Waals surface area contributed by atoms with E-state index in [0.717, 1.165) is 12.1 Å². The Bertz CT molecular complexity index is 952. The van der Waals surface area contributed by atoms with Gasteiger partial charge >= 0.3 is 5.97 Å². The van der Waals surface area contributed by atoms with Gasteiger partial charge in [-0.25, -0.2) is 21.9 Å². The van der Waals surface area contributed by atoms with Crippen LogP contribution in [0.5, 0.6) is 0 Å². The molecule has 1 heterocycles. The molecule has 0 aliphatic carbocycles. The highest BCUT2D eigenvalue weighted by molar-refractivity contribution is 7.89. The molecule has 0 spiro atoms. The number of ether oxygens (including phenoxy) is 1. The smallest absolute Gasteiger partial charge is 0.307 e. The van der Waals surface area contributed by atoms with Crippen molar-refractivity contribution in [2.75, 3.05) is 13.2 Å². The number of sulfonamides is 1. The van der Waals surface area contributed by atoms with Gasteiger partial charge in [0.2, 0.25) is 10.0 Å². The van der Waals surface area contributed by atoms with Crippen molar-refractivity contribution in [1.82, 2.24) is 9.88 Å². The van der Waals surface area contributed by atoms with Crippen LogP contribution in [0.2, 0.25) is 0 Å². The molecule has 0 amide bonds. The molecule has 2 rings (SSSR count). The zero-order chi connectivity index (χ0) is 20.2. The molecule has 27 heavy (non-hydrogen) atoms. The third-order valence-electron chi connectivity index (χ3n) is 3.46. The van der Waals surface area contributed by atoms with Crippen molar-refractivity contribution in [1.29, 1.82) is 0 Å². The van der Waals surface area contributed by atoms with Crippen molar-refractivity contribution in [2.45, 2.75) is 25.2 Å². The van der Waals surface area contributed by atoms with Gasteiger partial charge in [0.25, 0.3) is 0 Å². The van der Waals surface area contributed by atoms with Crippen LogP contribution in [0.15, 0.2) is 27.6 Å². The standard InChI is InChI=1S/C16H16F2N2O6S/c1-9-16(10(2)26-20-9)27(23,24)19-6-5-15(22)25-8-14(21)11-3-4-12(17)13(18)7-11/h3-4,7,19H,5-6,8H2,1-2H3. The summed E-state index contributed by atoms with van der Waals surface area (Å²) in [6.07, 6.45) is -0.340. The molecule has 0 unspecified atom stereocenters. The van der Waals surface area contributed by atoms with E-state index in [1.807, 2.05) is 0 Å². The SMILES string of the molecule is Cc1noc(C)c1S(=O)(=O)NCCC(=O)OCC(=O)c1ccc(F)c(F)c1. The monoisotopic (exact) mass is 402 g/mol. The van der Waals surface area contributed by atoms with E-state index in [9.17, 15) is 26.8 Å². The predicted octanol–water partition coefficient (Wildman–Crippen LogP) is 1.66. The first-order valence-corrected chi connectivity index (χ1v) is 9.16. The van der Waals surface area contributed by atoms with Crippen molar-refractivity contribution in [3.63, 3.8) is 0 Å². The van der Waals surface area contributed by atoms with E-state index in [2.05, 4.69) is 9.88 Å². The molecule has 11 heteroatoms. The average Bonchev–Trinajstić information content (AvgIpc) is 2.94. The Morgan fingerprint density at radius 3 is 2.52 bits per heavy atom.